The van der Waals surface area contributed by atoms with Crippen molar-refractivity contribution in [2.75, 3.05) is 13.3 Å². The van der Waals surface area contributed by atoms with Gasteiger partial charge in [0.1, 0.15) is 0 Å². The first kappa shape index (κ1) is 26.3. The maximum atomic E-state index is 12.0. The third kappa shape index (κ3) is 12.2. The van der Waals surface area contributed by atoms with Gasteiger partial charge in [0.15, 0.2) is 11.5 Å². The van der Waals surface area contributed by atoms with Crippen molar-refractivity contribution in [3.8, 4) is 11.5 Å². The number of carbonyl (C=O) groups excluding carboxylic acids is 1. The SMILES string of the molecule is CCCCCCCCCCCCCCCCCCNC(=O)C=Cc1ccc2c(c1)OCO2. The van der Waals surface area contributed by atoms with Crippen LogP contribution in [0.2, 0.25) is 0 Å². The molecule has 0 spiro atoms. The molecule has 1 aromatic rings. The number of carbonyl (C=O) groups is 1. The highest BCUT2D eigenvalue weighted by Crippen LogP contribution is 2.32. The van der Waals surface area contributed by atoms with Gasteiger partial charge in [-0.05, 0) is 30.2 Å². The van der Waals surface area contributed by atoms with Gasteiger partial charge in [0, 0.05) is 12.6 Å². The first-order valence-electron chi connectivity index (χ1n) is 13.1. The van der Waals surface area contributed by atoms with Crippen LogP contribution in [0, 0.1) is 0 Å². The van der Waals surface area contributed by atoms with E-state index in [1.54, 1.807) is 6.08 Å². The fourth-order valence-electron chi connectivity index (χ4n) is 4.13. The number of hydrogen-bond acceptors (Lipinski definition) is 3. The number of fused-ring (bicyclic) bond motifs is 1. The van der Waals surface area contributed by atoms with Crippen LogP contribution >= 0.6 is 0 Å². The van der Waals surface area contributed by atoms with Crippen molar-refractivity contribution < 1.29 is 14.3 Å². The van der Waals surface area contributed by atoms with Crippen molar-refractivity contribution >= 4 is 12.0 Å². The molecule has 0 unspecified atom stereocenters. The molecular formula is C28H45NO3. The number of benzene rings is 1. The Morgan fingerprint density at radius 1 is 0.781 bits per heavy atom. The van der Waals surface area contributed by atoms with E-state index in [1.165, 1.54) is 96.3 Å². The molecule has 0 aliphatic carbocycles. The van der Waals surface area contributed by atoms with Gasteiger partial charge in [-0.25, -0.2) is 0 Å². The number of hydrogen-bond donors (Lipinski definition) is 1. The van der Waals surface area contributed by atoms with E-state index in [1.807, 2.05) is 24.3 Å². The molecule has 0 saturated heterocycles. The zero-order valence-electron chi connectivity index (χ0n) is 20.3. The van der Waals surface area contributed by atoms with Crippen LogP contribution in [0.3, 0.4) is 0 Å². The van der Waals surface area contributed by atoms with E-state index in [-0.39, 0.29) is 12.7 Å². The molecule has 0 saturated carbocycles. The average Bonchev–Trinajstić information content (AvgIpc) is 3.27. The molecule has 0 fully saturated rings. The topological polar surface area (TPSA) is 47.6 Å². The van der Waals surface area contributed by atoms with Crippen molar-refractivity contribution in [2.45, 2.75) is 110 Å². The largest absolute Gasteiger partial charge is 0.454 e. The second-order valence-corrected chi connectivity index (χ2v) is 9.04. The molecule has 0 aromatic heterocycles. The summed E-state index contributed by atoms with van der Waals surface area (Å²) in [7, 11) is 0. The molecule has 2 rings (SSSR count). The van der Waals surface area contributed by atoms with Crippen molar-refractivity contribution in [1.29, 1.82) is 0 Å². The summed E-state index contributed by atoms with van der Waals surface area (Å²) in [5, 5.41) is 2.97. The van der Waals surface area contributed by atoms with E-state index in [0.29, 0.717) is 0 Å². The maximum Gasteiger partial charge on any atom is 0.243 e. The van der Waals surface area contributed by atoms with Gasteiger partial charge in [0.05, 0.1) is 0 Å². The molecule has 0 atom stereocenters. The minimum Gasteiger partial charge on any atom is -0.454 e. The van der Waals surface area contributed by atoms with Crippen LogP contribution in [0.15, 0.2) is 24.3 Å². The van der Waals surface area contributed by atoms with Crippen LogP contribution in [0.25, 0.3) is 6.08 Å². The van der Waals surface area contributed by atoms with E-state index in [9.17, 15) is 4.79 Å². The minimum atomic E-state index is -0.0383. The highest BCUT2D eigenvalue weighted by atomic mass is 16.7. The second-order valence-electron chi connectivity index (χ2n) is 9.04. The van der Waals surface area contributed by atoms with Gasteiger partial charge in [0.2, 0.25) is 12.7 Å². The summed E-state index contributed by atoms with van der Waals surface area (Å²) in [6.45, 7) is 3.30. The lowest BCUT2D eigenvalue weighted by molar-refractivity contribution is -0.116. The second kappa shape index (κ2) is 17.6. The minimum absolute atomic E-state index is 0.0383. The van der Waals surface area contributed by atoms with E-state index >= 15 is 0 Å². The standard InChI is InChI=1S/C28H45NO3/c1-2-3-4-5-6-7-8-9-10-11-12-13-14-15-16-17-22-29-28(30)21-19-25-18-20-26-27(23-25)32-24-31-26/h18-21,23H,2-17,22,24H2,1H3,(H,29,30). The summed E-state index contributed by atoms with van der Waals surface area (Å²) < 4.78 is 10.7. The third-order valence-corrected chi connectivity index (χ3v) is 6.15. The number of nitrogens with one attached hydrogen (secondary N) is 1. The zero-order chi connectivity index (χ0) is 22.7. The van der Waals surface area contributed by atoms with Gasteiger partial charge < -0.3 is 14.8 Å². The third-order valence-electron chi connectivity index (χ3n) is 6.15. The molecule has 32 heavy (non-hydrogen) atoms. The van der Waals surface area contributed by atoms with E-state index in [0.717, 1.165) is 30.0 Å². The summed E-state index contributed by atoms with van der Waals surface area (Å²) in [6, 6.07) is 5.69. The molecule has 1 aliphatic heterocycles. The summed E-state index contributed by atoms with van der Waals surface area (Å²) in [4.78, 5) is 12.0. The predicted octanol–water partition coefficient (Wildman–Crippen LogP) is 7.81. The molecule has 0 bridgehead atoms. The quantitative estimate of drug-likeness (QED) is 0.175. The summed E-state index contributed by atoms with van der Waals surface area (Å²) in [5.74, 6) is 1.46. The molecule has 1 aliphatic rings. The van der Waals surface area contributed by atoms with Crippen molar-refractivity contribution in [2.24, 2.45) is 0 Å². The Morgan fingerprint density at radius 3 is 1.91 bits per heavy atom. The van der Waals surface area contributed by atoms with E-state index < -0.39 is 0 Å². The summed E-state index contributed by atoms with van der Waals surface area (Å²) in [5.41, 5.74) is 0.937. The van der Waals surface area contributed by atoms with Crippen molar-refractivity contribution in [3.05, 3.63) is 29.8 Å². The molecular weight excluding hydrogens is 398 g/mol. The van der Waals surface area contributed by atoms with Gasteiger partial charge in [-0.1, -0.05) is 109 Å². The van der Waals surface area contributed by atoms with Gasteiger partial charge in [-0.15, -0.1) is 0 Å². The number of unbranched alkanes of at least 4 members (excludes halogenated alkanes) is 15. The molecule has 1 aromatic carbocycles. The van der Waals surface area contributed by atoms with Crippen molar-refractivity contribution in [3.63, 3.8) is 0 Å². The Labute approximate surface area is 196 Å². The molecule has 4 heteroatoms. The highest BCUT2D eigenvalue weighted by Gasteiger charge is 2.12. The van der Waals surface area contributed by atoms with Crippen LogP contribution < -0.4 is 14.8 Å². The van der Waals surface area contributed by atoms with Crippen LogP contribution in [0.1, 0.15) is 115 Å². The molecule has 0 radical (unpaired) electrons. The fraction of sp³-hybridized carbons (Fsp3) is 0.679. The lowest BCUT2D eigenvalue weighted by Gasteiger charge is -2.04. The zero-order valence-corrected chi connectivity index (χ0v) is 20.3. The Hall–Kier alpha value is -1.97. The smallest absolute Gasteiger partial charge is 0.243 e. The first-order valence-corrected chi connectivity index (χ1v) is 13.1. The first-order chi connectivity index (χ1) is 15.8. The normalized spacial score (nSPS) is 12.5. The van der Waals surface area contributed by atoms with E-state index in [4.69, 9.17) is 9.47 Å². The van der Waals surface area contributed by atoms with Crippen LogP contribution in [0.4, 0.5) is 0 Å². The van der Waals surface area contributed by atoms with Crippen molar-refractivity contribution in [1.82, 2.24) is 5.32 Å². The predicted molar refractivity (Wildman–Crippen MR) is 134 cm³/mol. The summed E-state index contributed by atoms with van der Waals surface area (Å²) in [6.07, 6.45) is 25.2. The molecule has 4 nitrogen and oxygen atoms in total. The Bertz CT molecular complexity index is 656. The molecule has 1 heterocycles. The van der Waals surface area contributed by atoms with Gasteiger partial charge in [-0.3, -0.25) is 4.79 Å². The lowest BCUT2D eigenvalue weighted by Crippen LogP contribution is -2.21. The Kier molecular flexibility index (Phi) is 14.4. The number of ether oxygens (including phenoxy) is 2. The molecule has 180 valence electrons. The maximum absolute atomic E-state index is 12.0. The van der Waals surface area contributed by atoms with Crippen LogP contribution in [-0.2, 0) is 4.79 Å². The fourth-order valence-corrected chi connectivity index (χ4v) is 4.13. The van der Waals surface area contributed by atoms with Gasteiger partial charge in [-0.2, -0.15) is 0 Å². The van der Waals surface area contributed by atoms with Gasteiger partial charge in [0.25, 0.3) is 0 Å². The van der Waals surface area contributed by atoms with E-state index in [2.05, 4.69) is 12.2 Å². The van der Waals surface area contributed by atoms with Gasteiger partial charge >= 0.3 is 0 Å². The van der Waals surface area contributed by atoms with Crippen LogP contribution in [-0.4, -0.2) is 19.2 Å². The summed E-state index contributed by atoms with van der Waals surface area (Å²) >= 11 is 0. The Balaban J connectivity index is 1.33. The van der Waals surface area contributed by atoms with Crippen LogP contribution in [0.5, 0.6) is 11.5 Å². The molecule has 1 N–H and O–H groups in total. The monoisotopic (exact) mass is 443 g/mol. The molecule has 1 amide bonds. The average molecular weight is 444 g/mol. The highest BCUT2D eigenvalue weighted by molar-refractivity contribution is 5.91. The Morgan fingerprint density at radius 2 is 1.31 bits per heavy atom. The lowest BCUT2D eigenvalue weighted by atomic mass is 10.0. The number of amides is 1. The number of rotatable bonds is 19.